The molecule has 1 amide bonds. The number of fused-ring (bicyclic) bond motifs is 1. The van der Waals surface area contributed by atoms with E-state index >= 15 is 0 Å². The normalized spacial score (nSPS) is 14.8. The second kappa shape index (κ2) is 6.54. The molecule has 1 aliphatic rings. The molecular weight excluding hydrogens is 296 g/mol. The molecule has 0 fully saturated rings. The number of aromatic nitrogens is 2. The second-order valence-electron chi connectivity index (χ2n) is 5.78. The molecule has 0 aliphatic carbocycles. The molecule has 2 aromatic heterocycles. The van der Waals surface area contributed by atoms with E-state index in [0.29, 0.717) is 6.54 Å². The first-order valence-corrected chi connectivity index (χ1v) is 8.37. The van der Waals surface area contributed by atoms with Crippen LogP contribution in [0.1, 0.15) is 11.3 Å². The third-order valence-electron chi connectivity index (χ3n) is 3.88. The molecule has 0 bridgehead atoms. The molecule has 1 aliphatic heterocycles. The molecule has 3 heterocycles. The van der Waals surface area contributed by atoms with Gasteiger partial charge in [0.2, 0.25) is 5.91 Å². The van der Waals surface area contributed by atoms with Crippen LogP contribution in [0.5, 0.6) is 0 Å². The summed E-state index contributed by atoms with van der Waals surface area (Å²) >= 11 is 1.67. The first-order valence-electron chi connectivity index (χ1n) is 7.43. The molecule has 0 N–H and O–H groups in total. The Labute approximate surface area is 134 Å². The molecule has 6 heteroatoms. The Morgan fingerprint density at radius 1 is 1.32 bits per heavy atom. The summed E-state index contributed by atoms with van der Waals surface area (Å²) in [4.78, 5) is 25.1. The van der Waals surface area contributed by atoms with Gasteiger partial charge in [-0.2, -0.15) is 11.3 Å². The highest BCUT2D eigenvalue weighted by molar-refractivity contribution is 7.08. The number of amides is 1. The van der Waals surface area contributed by atoms with Crippen molar-refractivity contribution >= 4 is 17.2 Å². The maximum absolute atomic E-state index is 12.3. The lowest BCUT2D eigenvalue weighted by molar-refractivity contribution is -0.131. The summed E-state index contributed by atoms with van der Waals surface area (Å²) in [6.45, 7) is 1.93. The van der Waals surface area contributed by atoms with E-state index < -0.39 is 0 Å². The molecule has 0 atom stereocenters. The maximum Gasteiger partial charge on any atom is 0.236 e. The monoisotopic (exact) mass is 316 g/mol. The molecule has 2 aromatic rings. The first-order chi connectivity index (χ1) is 10.6. The van der Waals surface area contributed by atoms with Crippen molar-refractivity contribution in [2.75, 3.05) is 33.7 Å². The van der Waals surface area contributed by atoms with E-state index in [2.05, 4.69) is 26.8 Å². The van der Waals surface area contributed by atoms with Gasteiger partial charge >= 0.3 is 0 Å². The molecule has 0 radical (unpaired) electrons. The van der Waals surface area contributed by atoms with Gasteiger partial charge in [0.05, 0.1) is 12.2 Å². The van der Waals surface area contributed by atoms with Gasteiger partial charge in [-0.1, -0.05) is 0 Å². The van der Waals surface area contributed by atoms with E-state index in [9.17, 15) is 4.79 Å². The summed E-state index contributed by atoms with van der Waals surface area (Å²) in [5, 5.41) is 4.18. The average molecular weight is 316 g/mol. The van der Waals surface area contributed by atoms with Crippen LogP contribution < -0.4 is 0 Å². The van der Waals surface area contributed by atoms with E-state index in [1.54, 1.807) is 17.7 Å². The van der Waals surface area contributed by atoms with E-state index in [1.165, 1.54) is 5.56 Å². The molecule has 22 heavy (non-hydrogen) atoms. The van der Waals surface area contributed by atoms with Crippen molar-refractivity contribution in [3.63, 3.8) is 0 Å². The Morgan fingerprint density at radius 3 is 2.86 bits per heavy atom. The van der Waals surface area contributed by atoms with Crippen molar-refractivity contribution in [3.05, 3.63) is 34.4 Å². The SMILES string of the molecule is CN(C)CC(=O)N1CCc2ncnc(-c3ccsc3)c2CC1. The topological polar surface area (TPSA) is 49.3 Å². The number of likely N-dealkylation sites (N-methyl/N-ethyl adjacent to an activating group) is 1. The fourth-order valence-electron chi connectivity index (χ4n) is 2.79. The number of carbonyl (C=O) groups excluding carboxylic acids is 1. The predicted octanol–water partition coefficient (Wildman–Crippen LogP) is 1.69. The van der Waals surface area contributed by atoms with Crippen molar-refractivity contribution in [1.29, 1.82) is 0 Å². The zero-order chi connectivity index (χ0) is 15.5. The fourth-order valence-corrected chi connectivity index (χ4v) is 3.43. The molecule has 0 spiro atoms. The van der Waals surface area contributed by atoms with E-state index in [4.69, 9.17) is 0 Å². The number of rotatable bonds is 3. The van der Waals surface area contributed by atoms with Crippen LogP contribution in [-0.4, -0.2) is 59.4 Å². The summed E-state index contributed by atoms with van der Waals surface area (Å²) in [5.74, 6) is 0.183. The van der Waals surface area contributed by atoms with Gasteiger partial charge in [-0.05, 0) is 32.0 Å². The Kier molecular flexibility index (Phi) is 4.49. The van der Waals surface area contributed by atoms with Gasteiger partial charge in [0, 0.05) is 41.7 Å². The average Bonchev–Trinajstić information content (AvgIpc) is 2.92. The van der Waals surface area contributed by atoms with Gasteiger partial charge in [-0.25, -0.2) is 9.97 Å². The molecule has 116 valence electrons. The zero-order valence-electron chi connectivity index (χ0n) is 13.0. The van der Waals surface area contributed by atoms with Crippen LogP contribution in [0.15, 0.2) is 23.2 Å². The lowest BCUT2D eigenvalue weighted by Gasteiger charge is -2.22. The lowest BCUT2D eigenvalue weighted by atomic mass is 10.0. The van der Waals surface area contributed by atoms with Crippen LogP contribution in [-0.2, 0) is 17.6 Å². The fraction of sp³-hybridized carbons (Fsp3) is 0.438. The van der Waals surface area contributed by atoms with Crippen molar-refractivity contribution < 1.29 is 4.79 Å². The Balaban J connectivity index is 1.83. The van der Waals surface area contributed by atoms with Gasteiger partial charge in [0.1, 0.15) is 6.33 Å². The van der Waals surface area contributed by atoms with Crippen LogP contribution in [0.3, 0.4) is 0 Å². The van der Waals surface area contributed by atoms with Gasteiger partial charge < -0.3 is 9.80 Å². The Bertz CT molecular complexity index is 654. The highest BCUT2D eigenvalue weighted by atomic mass is 32.1. The van der Waals surface area contributed by atoms with Gasteiger partial charge in [0.15, 0.2) is 0 Å². The summed E-state index contributed by atoms with van der Waals surface area (Å²) in [6.07, 6.45) is 3.26. The minimum atomic E-state index is 0.183. The number of hydrogen-bond donors (Lipinski definition) is 0. The molecule has 3 rings (SSSR count). The highest BCUT2D eigenvalue weighted by Crippen LogP contribution is 2.27. The largest absolute Gasteiger partial charge is 0.341 e. The lowest BCUT2D eigenvalue weighted by Crippen LogP contribution is -2.39. The molecular formula is C16H20N4OS. The minimum Gasteiger partial charge on any atom is -0.341 e. The third-order valence-corrected chi connectivity index (χ3v) is 4.57. The molecule has 0 aromatic carbocycles. The number of carbonyl (C=O) groups is 1. The van der Waals surface area contributed by atoms with Crippen LogP contribution in [0.2, 0.25) is 0 Å². The summed E-state index contributed by atoms with van der Waals surface area (Å²) in [7, 11) is 3.84. The van der Waals surface area contributed by atoms with Crippen molar-refractivity contribution in [3.8, 4) is 11.3 Å². The molecule has 0 saturated heterocycles. The van der Waals surface area contributed by atoms with Crippen molar-refractivity contribution in [2.24, 2.45) is 0 Å². The van der Waals surface area contributed by atoms with Crippen LogP contribution >= 0.6 is 11.3 Å². The standard InChI is InChI=1S/C16H20N4OS/c1-19(2)9-15(21)20-6-3-13-14(4-7-20)17-11-18-16(13)12-5-8-22-10-12/h5,8,10-11H,3-4,6-7,9H2,1-2H3. The second-order valence-corrected chi connectivity index (χ2v) is 6.56. The molecule has 0 unspecified atom stereocenters. The number of thiophene rings is 1. The smallest absolute Gasteiger partial charge is 0.236 e. The first kappa shape index (κ1) is 15.1. The Morgan fingerprint density at radius 2 is 2.14 bits per heavy atom. The quantitative estimate of drug-likeness (QED) is 0.865. The summed E-state index contributed by atoms with van der Waals surface area (Å²) in [5.41, 5.74) is 4.45. The Hall–Kier alpha value is -1.79. The van der Waals surface area contributed by atoms with Gasteiger partial charge in [-0.3, -0.25) is 4.79 Å². The zero-order valence-corrected chi connectivity index (χ0v) is 13.8. The van der Waals surface area contributed by atoms with Gasteiger partial charge in [-0.15, -0.1) is 0 Å². The van der Waals surface area contributed by atoms with Crippen molar-refractivity contribution in [1.82, 2.24) is 19.8 Å². The molecule has 0 saturated carbocycles. The van der Waals surface area contributed by atoms with Crippen LogP contribution in [0, 0.1) is 0 Å². The van der Waals surface area contributed by atoms with Crippen LogP contribution in [0.25, 0.3) is 11.3 Å². The van der Waals surface area contributed by atoms with E-state index in [0.717, 1.165) is 42.9 Å². The maximum atomic E-state index is 12.3. The highest BCUT2D eigenvalue weighted by Gasteiger charge is 2.22. The summed E-state index contributed by atoms with van der Waals surface area (Å²) in [6, 6.07) is 2.09. The van der Waals surface area contributed by atoms with Crippen LogP contribution in [0.4, 0.5) is 0 Å². The predicted molar refractivity (Wildman–Crippen MR) is 87.9 cm³/mol. The number of hydrogen-bond acceptors (Lipinski definition) is 5. The third kappa shape index (κ3) is 3.18. The van der Waals surface area contributed by atoms with E-state index in [1.807, 2.05) is 23.9 Å². The minimum absolute atomic E-state index is 0.183. The number of nitrogens with zero attached hydrogens (tertiary/aromatic N) is 4. The van der Waals surface area contributed by atoms with E-state index in [-0.39, 0.29) is 5.91 Å². The van der Waals surface area contributed by atoms with Crippen molar-refractivity contribution in [2.45, 2.75) is 12.8 Å². The summed E-state index contributed by atoms with van der Waals surface area (Å²) < 4.78 is 0. The van der Waals surface area contributed by atoms with Gasteiger partial charge in [0.25, 0.3) is 0 Å². The molecule has 5 nitrogen and oxygen atoms in total.